The first kappa shape index (κ1) is 7.85. The van der Waals surface area contributed by atoms with E-state index in [0.717, 1.165) is 25.1 Å². The summed E-state index contributed by atoms with van der Waals surface area (Å²) in [7, 11) is 0. The number of hydrogen-bond donors (Lipinski definition) is 2. The van der Waals surface area contributed by atoms with Crippen LogP contribution >= 0.6 is 0 Å². The van der Waals surface area contributed by atoms with Crippen LogP contribution < -0.4 is 10.6 Å². The second-order valence-corrected chi connectivity index (χ2v) is 2.28. The second-order valence-electron chi connectivity index (χ2n) is 2.28. The van der Waals surface area contributed by atoms with Crippen LogP contribution in [0.2, 0.25) is 0 Å². The van der Waals surface area contributed by atoms with Crippen molar-refractivity contribution in [3.63, 3.8) is 0 Å². The van der Waals surface area contributed by atoms with Crippen molar-refractivity contribution in [1.29, 1.82) is 0 Å². The van der Waals surface area contributed by atoms with E-state index in [-0.39, 0.29) is 0 Å². The number of aldehydes is 1. The van der Waals surface area contributed by atoms with Gasteiger partial charge in [0.2, 0.25) is 0 Å². The van der Waals surface area contributed by atoms with Crippen molar-refractivity contribution in [3.8, 4) is 0 Å². The summed E-state index contributed by atoms with van der Waals surface area (Å²) in [5, 5.41) is 6.16. The Labute approximate surface area is 66.2 Å². The number of rotatable bonds is 4. The zero-order valence-corrected chi connectivity index (χ0v) is 6.34. The van der Waals surface area contributed by atoms with Crippen LogP contribution in [0, 0.1) is 0 Å². The van der Waals surface area contributed by atoms with Gasteiger partial charge < -0.3 is 15.4 Å². The highest BCUT2D eigenvalue weighted by Crippen LogP contribution is 1.94. The minimum Gasteiger partial charge on any atom is -0.387 e. The van der Waals surface area contributed by atoms with E-state index in [1.165, 1.54) is 0 Å². The summed E-state index contributed by atoms with van der Waals surface area (Å²) >= 11 is 0. The summed E-state index contributed by atoms with van der Waals surface area (Å²) in [4.78, 5) is 9.96. The number of dihydropyridines is 1. The fraction of sp³-hybridized carbons (Fsp3) is 0.375. The molecule has 0 aromatic carbocycles. The Bertz CT molecular complexity index is 185. The van der Waals surface area contributed by atoms with Crippen molar-refractivity contribution in [1.82, 2.24) is 10.6 Å². The van der Waals surface area contributed by atoms with E-state index in [1.54, 1.807) is 0 Å². The highest BCUT2D eigenvalue weighted by Gasteiger charge is 1.93. The predicted octanol–water partition coefficient (Wildman–Crippen LogP) is 0.166. The molecule has 1 heterocycles. The van der Waals surface area contributed by atoms with E-state index < -0.39 is 0 Å². The third-order valence-electron chi connectivity index (χ3n) is 1.41. The van der Waals surface area contributed by atoms with E-state index in [9.17, 15) is 4.79 Å². The molecule has 1 aliphatic rings. The standard InChI is InChI=1S/C8H12N2O/c11-7-1-4-10-8-2-5-9-6-3-8/h2-3,5,7,9-10H,1,4,6H2. The number of hydrogen-bond acceptors (Lipinski definition) is 3. The molecule has 0 saturated heterocycles. The van der Waals surface area contributed by atoms with Crippen molar-refractivity contribution in [2.45, 2.75) is 6.42 Å². The van der Waals surface area contributed by atoms with Crippen molar-refractivity contribution in [2.75, 3.05) is 13.1 Å². The van der Waals surface area contributed by atoms with Gasteiger partial charge in [-0.2, -0.15) is 0 Å². The predicted molar refractivity (Wildman–Crippen MR) is 43.9 cm³/mol. The molecule has 0 atom stereocenters. The molecular weight excluding hydrogens is 140 g/mol. The highest BCUT2D eigenvalue weighted by molar-refractivity contribution is 5.49. The number of carbonyl (C=O) groups excluding carboxylic acids is 1. The third-order valence-corrected chi connectivity index (χ3v) is 1.41. The topological polar surface area (TPSA) is 41.1 Å². The molecule has 3 nitrogen and oxygen atoms in total. The van der Waals surface area contributed by atoms with E-state index in [1.807, 2.05) is 18.4 Å². The Morgan fingerprint density at radius 2 is 2.64 bits per heavy atom. The lowest BCUT2D eigenvalue weighted by Crippen LogP contribution is -2.19. The molecule has 11 heavy (non-hydrogen) atoms. The zero-order chi connectivity index (χ0) is 7.94. The molecule has 0 aromatic rings. The van der Waals surface area contributed by atoms with Gasteiger partial charge in [-0.05, 0) is 18.4 Å². The molecule has 0 fully saturated rings. The maximum atomic E-state index is 9.96. The second kappa shape index (κ2) is 4.55. The quantitative estimate of drug-likeness (QED) is 0.445. The van der Waals surface area contributed by atoms with E-state index in [2.05, 4.69) is 10.6 Å². The van der Waals surface area contributed by atoms with Crippen molar-refractivity contribution in [2.24, 2.45) is 0 Å². The van der Waals surface area contributed by atoms with Crippen molar-refractivity contribution in [3.05, 3.63) is 24.0 Å². The third kappa shape index (κ3) is 2.89. The molecule has 2 N–H and O–H groups in total. The van der Waals surface area contributed by atoms with Gasteiger partial charge in [0, 0.05) is 25.2 Å². The lowest BCUT2D eigenvalue weighted by Gasteiger charge is -2.09. The highest BCUT2D eigenvalue weighted by atomic mass is 16.1. The van der Waals surface area contributed by atoms with E-state index in [0.29, 0.717) is 6.42 Å². The van der Waals surface area contributed by atoms with Crippen LogP contribution in [0.1, 0.15) is 6.42 Å². The van der Waals surface area contributed by atoms with Gasteiger partial charge in [0.05, 0.1) is 0 Å². The monoisotopic (exact) mass is 152 g/mol. The summed E-state index contributed by atoms with van der Waals surface area (Å²) in [6, 6.07) is 0. The lowest BCUT2D eigenvalue weighted by molar-refractivity contribution is -0.107. The van der Waals surface area contributed by atoms with Crippen molar-refractivity contribution >= 4 is 6.29 Å². The first-order chi connectivity index (χ1) is 5.43. The molecule has 0 spiro atoms. The molecule has 0 unspecified atom stereocenters. The molecule has 0 radical (unpaired) electrons. The SMILES string of the molecule is O=CCCNC1=CCNC=C1. The average molecular weight is 152 g/mol. The Morgan fingerprint density at radius 3 is 3.27 bits per heavy atom. The van der Waals surface area contributed by atoms with Gasteiger partial charge in [-0.15, -0.1) is 0 Å². The minimum atomic E-state index is 0.568. The molecule has 1 aliphatic heterocycles. The summed E-state index contributed by atoms with van der Waals surface area (Å²) < 4.78 is 0. The molecule has 0 saturated carbocycles. The van der Waals surface area contributed by atoms with Gasteiger partial charge in [-0.25, -0.2) is 0 Å². The number of allylic oxidation sites excluding steroid dienone is 1. The van der Waals surface area contributed by atoms with Crippen LogP contribution in [0.15, 0.2) is 24.0 Å². The van der Waals surface area contributed by atoms with Gasteiger partial charge >= 0.3 is 0 Å². The molecule has 60 valence electrons. The minimum absolute atomic E-state index is 0.568. The Morgan fingerprint density at radius 1 is 1.73 bits per heavy atom. The lowest BCUT2D eigenvalue weighted by atomic mass is 10.3. The molecule has 0 amide bonds. The number of nitrogens with one attached hydrogen (secondary N) is 2. The van der Waals surface area contributed by atoms with Gasteiger partial charge in [0.15, 0.2) is 0 Å². The fourth-order valence-electron chi connectivity index (χ4n) is 0.860. The fourth-order valence-corrected chi connectivity index (χ4v) is 0.860. The van der Waals surface area contributed by atoms with Crippen LogP contribution in [0.3, 0.4) is 0 Å². The van der Waals surface area contributed by atoms with Crippen LogP contribution in [0.5, 0.6) is 0 Å². The summed E-state index contributed by atoms with van der Waals surface area (Å²) in [6.45, 7) is 1.58. The Kier molecular flexibility index (Phi) is 3.25. The van der Waals surface area contributed by atoms with Crippen molar-refractivity contribution < 1.29 is 4.79 Å². The Hall–Kier alpha value is -1.25. The van der Waals surface area contributed by atoms with Gasteiger partial charge in [-0.3, -0.25) is 0 Å². The zero-order valence-electron chi connectivity index (χ0n) is 6.34. The summed E-state index contributed by atoms with van der Waals surface area (Å²) in [5.74, 6) is 0. The first-order valence-electron chi connectivity index (χ1n) is 3.71. The van der Waals surface area contributed by atoms with Gasteiger partial charge in [-0.1, -0.05) is 0 Å². The van der Waals surface area contributed by atoms with Crippen LogP contribution in [-0.4, -0.2) is 19.4 Å². The van der Waals surface area contributed by atoms with Crippen LogP contribution in [-0.2, 0) is 4.79 Å². The first-order valence-corrected chi connectivity index (χ1v) is 3.71. The van der Waals surface area contributed by atoms with E-state index >= 15 is 0 Å². The largest absolute Gasteiger partial charge is 0.387 e. The van der Waals surface area contributed by atoms with E-state index in [4.69, 9.17) is 0 Å². The average Bonchev–Trinajstić information content (AvgIpc) is 2.07. The maximum absolute atomic E-state index is 9.96. The number of carbonyl (C=O) groups is 1. The molecule has 0 aliphatic carbocycles. The molecule has 0 bridgehead atoms. The molecule has 3 heteroatoms. The normalized spacial score (nSPS) is 15.1. The maximum Gasteiger partial charge on any atom is 0.121 e. The van der Waals surface area contributed by atoms with Crippen LogP contribution in [0.4, 0.5) is 0 Å². The molecule has 1 rings (SSSR count). The summed E-state index contributed by atoms with van der Waals surface area (Å²) in [5.41, 5.74) is 1.09. The molecular formula is C8H12N2O. The van der Waals surface area contributed by atoms with Gasteiger partial charge in [0.25, 0.3) is 0 Å². The Balaban J connectivity index is 2.20. The van der Waals surface area contributed by atoms with Crippen LogP contribution in [0.25, 0.3) is 0 Å². The summed E-state index contributed by atoms with van der Waals surface area (Å²) in [6.07, 6.45) is 7.37. The van der Waals surface area contributed by atoms with Gasteiger partial charge in [0.1, 0.15) is 6.29 Å². The molecule has 0 aromatic heterocycles. The smallest absolute Gasteiger partial charge is 0.121 e.